The summed E-state index contributed by atoms with van der Waals surface area (Å²) in [5, 5.41) is 10.2. The average molecular weight is 389 g/mol. The van der Waals surface area contributed by atoms with Gasteiger partial charge in [0.05, 0.1) is 0 Å². The smallest absolute Gasteiger partial charge is 0.251 e. The zero-order valence-corrected chi connectivity index (χ0v) is 16.2. The first-order valence-electron chi connectivity index (χ1n) is 9.41. The van der Waals surface area contributed by atoms with Gasteiger partial charge in [0.2, 0.25) is 5.91 Å². The Hall–Kier alpha value is -3.67. The lowest BCUT2D eigenvalue weighted by Gasteiger charge is -2.08. The van der Waals surface area contributed by atoms with Crippen LogP contribution in [0.3, 0.4) is 0 Å². The number of fused-ring (bicyclic) bond motifs is 1. The number of hydrogen-bond donors (Lipinski definition) is 3. The fourth-order valence-corrected chi connectivity index (χ4v) is 2.93. The summed E-state index contributed by atoms with van der Waals surface area (Å²) >= 11 is 0. The van der Waals surface area contributed by atoms with Crippen LogP contribution in [0.15, 0.2) is 66.7 Å². The van der Waals surface area contributed by atoms with Crippen LogP contribution in [0, 0.1) is 0 Å². The third-order valence-corrected chi connectivity index (χ3v) is 4.58. The fourth-order valence-electron chi connectivity index (χ4n) is 2.93. The molecule has 6 heteroatoms. The van der Waals surface area contributed by atoms with Gasteiger partial charge in [-0.15, -0.1) is 0 Å². The molecule has 0 saturated heterocycles. The van der Waals surface area contributed by atoms with E-state index in [1.807, 2.05) is 36.4 Å². The van der Waals surface area contributed by atoms with Gasteiger partial charge in [-0.3, -0.25) is 14.4 Å². The molecule has 0 aliphatic rings. The quantitative estimate of drug-likeness (QED) is 0.581. The Morgan fingerprint density at radius 1 is 0.759 bits per heavy atom. The molecule has 3 amide bonds. The number of hydrogen-bond acceptors (Lipinski definition) is 3. The van der Waals surface area contributed by atoms with Crippen molar-refractivity contribution in [3.63, 3.8) is 0 Å². The van der Waals surface area contributed by atoms with Gasteiger partial charge in [-0.2, -0.15) is 0 Å². The Bertz CT molecular complexity index is 1030. The van der Waals surface area contributed by atoms with Gasteiger partial charge in [0.15, 0.2) is 0 Å². The third kappa shape index (κ3) is 5.42. The number of nitrogens with one attached hydrogen (secondary N) is 3. The summed E-state index contributed by atoms with van der Waals surface area (Å²) in [6.07, 6.45) is 0.190. The predicted molar refractivity (Wildman–Crippen MR) is 113 cm³/mol. The maximum atomic E-state index is 12.3. The standard InChI is InChI=1S/C23H23N3O3/c1-24-22(28)18-8-6-16(7-9-18)15-26-21(27)12-13-25-23(29)20-11-10-17-4-2-3-5-19(17)14-20/h2-11,14H,12-13,15H2,1H3,(H,24,28)(H,25,29)(H,26,27). The highest BCUT2D eigenvalue weighted by atomic mass is 16.2. The lowest BCUT2D eigenvalue weighted by Crippen LogP contribution is -2.30. The lowest BCUT2D eigenvalue weighted by atomic mass is 10.1. The number of amides is 3. The fraction of sp³-hybridized carbons (Fsp3) is 0.174. The van der Waals surface area contributed by atoms with E-state index in [0.717, 1.165) is 16.3 Å². The summed E-state index contributed by atoms with van der Waals surface area (Å²) in [7, 11) is 1.58. The van der Waals surface area contributed by atoms with Crippen molar-refractivity contribution in [3.8, 4) is 0 Å². The highest BCUT2D eigenvalue weighted by Gasteiger charge is 2.08. The van der Waals surface area contributed by atoms with Crippen LogP contribution in [-0.4, -0.2) is 31.3 Å². The molecule has 3 N–H and O–H groups in total. The monoisotopic (exact) mass is 389 g/mol. The molecule has 0 spiro atoms. The molecule has 0 aliphatic carbocycles. The van der Waals surface area contributed by atoms with Crippen molar-refractivity contribution in [2.75, 3.05) is 13.6 Å². The van der Waals surface area contributed by atoms with Gasteiger partial charge in [0, 0.05) is 37.7 Å². The summed E-state index contributed by atoms with van der Waals surface area (Å²) in [5.74, 6) is -0.504. The Labute approximate surface area is 169 Å². The van der Waals surface area contributed by atoms with E-state index in [2.05, 4.69) is 16.0 Å². The number of carbonyl (C=O) groups is 3. The van der Waals surface area contributed by atoms with Crippen LogP contribution in [0.5, 0.6) is 0 Å². The molecule has 3 aromatic rings. The van der Waals surface area contributed by atoms with Crippen molar-refractivity contribution in [1.29, 1.82) is 0 Å². The van der Waals surface area contributed by atoms with E-state index in [0.29, 0.717) is 17.7 Å². The van der Waals surface area contributed by atoms with Crippen molar-refractivity contribution in [3.05, 3.63) is 83.4 Å². The topological polar surface area (TPSA) is 87.3 Å². The van der Waals surface area contributed by atoms with Crippen LogP contribution in [-0.2, 0) is 11.3 Å². The summed E-state index contributed by atoms with van der Waals surface area (Å²) in [6.45, 7) is 0.624. The zero-order valence-electron chi connectivity index (χ0n) is 16.2. The Morgan fingerprint density at radius 2 is 1.45 bits per heavy atom. The molecule has 0 atom stereocenters. The van der Waals surface area contributed by atoms with E-state index >= 15 is 0 Å². The van der Waals surface area contributed by atoms with Gasteiger partial charge in [0.25, 0.3) is 11.8 Å². The predicted octanol–water partition coefficient (Wildman–Crippen LogP) is 2.64. The largest absolute Gasteiger partial charge is 0.355 e. The molecule has 6 nitrogen and oxygen atoms in total. The van der Waals surface area contributed by atoms with Crippen LogP contribution in [0.2, 0.25) is 0 Å². The highest BCUT2D eigenvalue weighted by Crippen LogP contribution is 2.15. The summed E-state index contributed by atoms with van der Waals surface area (Å²) in [4.78, 5) is 35.8. The SMILES string of the molecule is CNC(=O)c1ccc(CNC(=O)CCNC(=O)c2ccc3ccccc3c2)cc1. The number of rotatable bonds is 7. The summed E-state index contributed by atoms with van der Waals surface area (Å²) in [5.41, 5.74) is 2.03. The van der Waals surface area contributed by atoms with Crippen molar-refractivity contribution >= 4 is 28.5 Å². The number of carbonyl (C=O) groups excluding carboxylic acids is 3. The lowest BCUT2D eigenvalue weighted by molar-refractivity contribution is -0.121. The van der Waals surface area contributed by atoms with Gasteiger partial charge in [-0.05, 0) is 40.6 Å². The number of benzene rings is 3. The molecule has 0 heterocycles. The molecule has 0 bridgehead atoms. The van der Waals surface area contributed by atoms with E-state index in [9.17, 15) is 14.4 Å². The van der Waals surface area contributed by atoms with Crippen LogP contribution < -0.4 is 16.0 Å². The molecule has 0 fully saturated rings. The minimum atomic E-state index is -0.201. The molecule has 0 aromatic heterocycles. The van der Waals surface area contributed by atoms with Crippen molar-refractivity contribution < 1.29 is 14.4 Å². The molecule has 0 saturated carbocycles. The van der Waals surface area contributed by atoms with Gasteiger partial charge in [0.1, 0.15) is 0 Å². The van der Waals surface area contributed by atoms with Gasteiger partial charge in [-0.25, -0.2) is 0 Å². The normalized spacial score (nSPS) is 10.4. The molecule has 0 unspecified atom stereocenters. The highest BCUT2D eigenvalue weighted by molar-refractivity contribution is 5.98. The van der Waals surface area contributed by atoms with Crippen LogP contribution in [0.1, 0.15) is 32.7 Å². The molecule has 148 valence electrons. The first-order chi connectivity index (χ1) is 14.1. The van der Waals surface area contributed by atoms with Gasteiger partial charge in [-0.1, -0.05) is 42.5 Å². The second kappa shape index (κ2) is 9.50. The molecule has 0 aliphatic heterocycles. The van der Waals surface area contributed by atoms with E-state index in [1.165, 1.54) is 0 Å². The van der Waals surface area contributed by atoms with Gasteiger partial charge < -0.3 is 16.0 Å². The average Bonchev–Trinajstić information content (AvgIpc) is 2.77. The Kier molecular flexibility index (Phi) is 6.58. The molecule has 0 radical (unpaired) electrons. The van der Waals surface area contributed by atoms with E-state index in [4.69, 9.17) is 0 Å². The maximum absolute atomic E-state index is 12.3. The third-order valence-electron chi connectivity index (χ3n) is 4.58. The van der Waals surface area contributed by atoms with Crippen molar-refractivity contribution in [1.82, 2.24) is 16.0 Å². The van der Waals surface area contributed by atoms with E-state index < -0.39 is 0 Å². The molecule has 29 heavy (non-hydrogen) atoms. The van der Waals surface area contributed by atoms with Crippen LogP contribution in [0.4, 0.5) is 0 Å². The zero-order chi connectivity index (χ0) is 20.6. The Balaban J connectivity index is 1.43. The molecule has 3 aromatic carbocycles. The van der Waals surface area contributed by atoms with Crippen molar-refractivity contribution in [2.24, 2.45) is 0 Å². The van der Waals surface area contributed by atoms with Crippen LogP contribution in [0.25, 0.3) is 10.8 Å². The summed E-state index contributed by atoms with van der Waals surface area (Å²) < 4.78 is 0. The molecular formula is C23H23N3O3. The van der Waals surface area contributed by atoms with Crippen LogP contribution >= 0.6 is 0 Å². The maximum Gasteiger partial charge on any atom is 0.251 e. The first-order valence-corrected chi connectivity index (χ1v) is 9.41. The van der Waals surface area contributed by atoms with E-state index in [-0.39, 0.29) is 30.7 Å². The minimum absolute atomic E-state index is 0.150. The minimum Gasteiger partial charge on any atom is -0.355 e. The Morgan fingerprint density at radius 3 is 2.17 bits per heavy atom. The van der Waals surface area contributed by atoms with Crippen molar-refractivity contribution in [2.45, 2.75) is 13.0 Å². The van der Waals surface area contributed by atoms with Gasteiger partial charge >= 0.3 is 0 Å². The second-order valence-electron chi connectivity index (χ2n) is 6.62. The molecular weight excluding hydrogens is 366 g/mol. The first kappa shape index (κ1) is 20.1. The van der Waals surface area contributed by atoms with E-state index in [1.54, 1.807) is 37.4 Å². The summed E-state index contributed by atoms with van der Waals surface area (Å²) in [6, 6.07) is 20.4. The second-order valence-corrected chi connectivity index (χ2v) is 6.62. The molecule has 3 rings (SSSR count).